The molecule has 2 aromatic rings. The Morgan fingerprint density at radius 3 is 2.50 bits per heavy atom. The average Bonchev–Trinajstić information content (AvgIpc) is 2.71. The number of halogens is 4. The molecule has 32 heavy (non-hydrogen) atoms. The monoisotopic (exact) mass is 475 g/mol. The van der Waals surface area contributed by atoms with Crippen LogP contribution in [0.4, 0.5) is 29.2 Å². The van der Waals surface area contributed by atoms with E-state index >= 15 is 0 Å². The van der Waals surface area contributed by atoms with E-state index in [2.05, 4.69) is 9.97 Å². The summed E-state index contributed by atoms with van der Waals surface area (Å²) < 4.78 is 78.1. The van der Waals surface area contributed by atoms with Crippen LogP contribution < -0.4 is 15.5 Å². The van der Waals surface area contributed by atoms with Crippen LogP contribution in [0, 0.1) is 11.7 Å². The zero-order valence-electron chi connectivity index (χ0n) is 17.9. The van der Waals surface area contributed by atoms with Crippen molar-refractivity contribution in [2.24, 2.45) is 11.7 Å². The average molecular weight is 476 g/mol. The van der Waals surface area contributed by atoms with Crippen molar-refractivity contribution in [2.45, 2.75) is 37.5 Å². The molecule has 7 nitrogen and oxygen atoms in total. The second-order valence-electron chi connectivity index (χ2n) is 8.08. The Morgan fingerprint density at radius 1 is 1.25 bits per heavy atom. The molecule has 0 bridgehead atoms. The Morgan fingerprint density at radius 2 is 1.94 bits per heavy atom. The molecular formula is C20H25F4N5O2S. The number of benzene rings is 1. The topological polar surface area (TPSA) is 92.4 Å². The fourth-order valence-corrected chi connectivity index (χ4v) is 4.52. The van der Waals surface area contributed by atoms with E-state index in [-0.39, 0.29) is 30.0 Å². The van der Waals surface area contributed by atoms with Crippen LogP contribution in [0.3, 0.4) is 0 Å². The normalized spacial score (nSPS) is 17.8. The van der Waals surface area contributed by atoms with Gasteiger partial charge >= 0.3 is 6.18 Å². The van der Waals surface area contributed by atoms with Crippen molar-refractivity contribution in [1.29, 1.82) is 0 Å². The highest BCUT2D eigenvalue weighted by Gasteiger charge is 2.38. The van der Waals surface area contributed by atoms with Gasteiger partial charge in [-0.3, -0.25) is 0 Å². The molecule has 0 amide bonds. The molecule has 1 aromatic carbocycles. The first-order chi connectivity index (χ1) is 14.8. The van der Waals surface area contributed by atoms with Crippen LogP contribution in [-0.4, -0.2) is 50.3 Å². The van der Waals surface area contributed by atoms with E-state index in [1.807, 2.05) is 18.7 Å². The first kappa shape index (κ1) is 24.2. The highest BCUT2D eigenvalue weighted by Crippen LogP contribution is 2.33. The Bertz CT molecular complexity index is 1090. The van der Waals surface area contributed by atoms with E-state index in [4.69, 9.17) is 5.73 Å². The van der Waals surface area contributed by atoms with E-state index in [9.17, 15) is 26.0 Å². The van der Waals surface area contributed by atoms with Gasteiger partial charge in [0.1, 0.15) is 10.7 Å². The highest BCUT2D eigenvalue weighted by molar-refractivity contribution is 7.90. The van der Waals surface area contributed by atoms with Crippen LogP contribution in [0.25, 0.3) is 0 Å². The molecule has 2 heterocycles. The first-order valence-corrected chi connectivity index (χ1v) is 11.9. The summed E-state index contributed by atoms with van der Waals surface area (Å²) in [5.41, 5.74) is 4.71. The van der Waals surface area contributed by atoms with Gasteiger partial charge in [0, 0.05) is 49.9 Å². The number of piperazine rings is 1. The van der Waals surface area contributed by atoms with Crippen LogP contribution in [0.2, 0.25) is 0 Å². The summed E-state index contributed by atoms with van der Waals surface area (Å²) >= 11 is 0. The quantitative estimate of drug-likeness (QED) is 0.665. The molecule has 12 heteroatoms. The van der Waals surface area contributed by atoms with Crippen LogP contribution in [0.15, 0.2) is 29.3 Å². The molecule has 2 N–H and O–H groups in total. The van der Waals surface area contributed by atoms with Crippen molar-refractivity contribution in [3.8, 4) is 0 Å². The van der Waals surface area contributed by atoms with E-state index in [0.717, 1.165) is 18.5 Å². The Balaban J connectivity index is 1.94. The summed E-state index contributed by atoms with van der Waals surface area (Å²) in [6, 6.07) is 3.62. The maximum atomic E-state index is 14.0. The minimum atomic E-state index is -4.66. The summed E-state index contributed by atoms with van der Waals surface area (Å²) in [7, 11) is -3.75. The van der Waals surface area contributed by atoms with Gasteiger partial charge in [-0.25, -0.2) is 22.8 Å². The van der Waals surface area contributed by atoms with Crippen molar-refractivity contribution in [2.75, 3.05) is 35.7 Å². The molecule has 0 unspecified atom stereocenters. The lowest BCUT2D eigenvalue weighted by Gasteiger charge is -2.44. The standard InChI is InChI=1S/C20H25F4N5O2S/c1-12(2)16-11-28(14-4-5-15(21)17(8-14)32(3,30)31)6-7-29(16)19-26-10-13(9-25)18(27-19)20(22,23)24/h4-5,8,10,12,16H,6-7,9,11,25H2,1-3H3/t16-/m0/s1. The molecule has 3 rings (SSSR count). The molecule has 1 atom stereocenters. The van der Waals surface area contributed by atoms with E-state index in [1.54, 1.807) is 4.90 Å². The lowest BCUT2D eigenvalue weighted by Crippen LogP contribution is -2.56. The van der Waals surface area contributed by atoms with Crippen molar-refractivity contribution in [3.05, 3.63) is 41.5 Å². The molecular weight excluding hydrogens is 450 g/mol. The predicted octanol–water partition coefficient (Wildman–Crippen LogP) is 2.85. The molecule has 0 radical (unpaired) electrons. The van der Waals surface area contributed by atoms with Crippen LogP contribution in [-0.2, 0) is 22.6 Å². The minimum Gasteiger partial charge on any atom is -0.368 e. The first-order valence-electron chi connectivity index (χ1n) is 9.97. The number of sulfone groups is 1. The van der Waals surface area contributed by atoms with Crippen molar-refractivity contribution < 1.29 is 26.0 Å². The molecule has 0 aliphatic carbocycles. The predicted molar refractivity (Wildman–Crippen MR) is 113 cm³/mol. The lowest BCUT2D eigenvalue weighted by atomic mass is 9.99. The van der Waals surface area contributed by atoms with Gasteiger partial charge in [0.15, 0.2) is 15.5 Å². The fraction of sp³-hybridized carbons (Fsp3) is 0.500. The van der Waals surface area contributed by atoms with Crippen molar-refractivity contribution in [1.82, 2.24) is 9.97 Å². The molecule has 1 aliphatic rings. The molecule has 0 spiro atoms. The second kappa shape index (κ2) is 8.81. The number of anilines is 2. The van der Waals surface area contributed by atoms with Gasteiger partial charge < -0.3 is 15.5 Å². The number of hydrogen-bond donors (Lipinski definition) is 1. The van der Waals surface area contributed by atoms with E-state index in [0.29, 0.717) is 25.3 Å². The third-order valence-electron chi connectivity index (χ3n) is 5.46. The maximum Gasteiger partial charge on any atom is 0.433 e. The maximum absolute atomic E-state index is 14.0. The van der Waals surface area contributed by atoms with Gasteiger partial charge in [-0.15, -0.1) is 0 Å². The van der Waals surface area contributed by atoms with Crippen LogP contribution >= 0.6 is 0 Å². The zero-order chi connectivity index (χ0) is 23.8. The summed E-state index contributed by atoms with van der Waals surface area (Å²) in [6.45, 7) is 4.55. The second-order valence-corrected chi connectivity index (χ2v) is 10.1. The lowest BCUT2D eigenvalue weighted by molar-refractivity contribution is -0.141. The number of nitrogens with two attached hydrogens (primary N) is 1. The number of rotatable bonds is 5. The molecule has 1 aliphatic heterocycles. The Hall–Kier alpha value is -2.47. The molecule has 1 aromatic heterocycles. The van der Waals surface area contributed by atoms with Gasteiger partial charge in [0.25, 0.3) is 0 Å². The molecule has 1 saturated heterocycles. The Kier molecular flexibility index (Phi) is 6.66. The van der Waals surface area contributed by atoms with Gasteiger partial charge in [-0.2, -0.15) is 13.2 Å². The van der Waals surface area contributed by atoms with E-state index < -0.39 is 32.4 Å². The Labute approximate surface area is 184 Å². The van der Waals surface area contributed by atoms with Crippen LogP contribution in [0.1, 0.15) is 25.1 Å². The summed E-state index contributed by atoms with van der Waals surface area (Å²) in [5, 5.41) is 0. The molecule has 176 valence electrons. The van der Waals surface area contributed by atoms with Crippen molar-refractivity contribution in [3.63, 3.8) is 0 Å². The SMILES string of the molecule is CC(C)[C@@H]1CN(c2ccc(F)c(S(C)(=O)=O)c2)CCN1c1ncc(CN)c(C(F)(F)F)n1. The van der Waals surface area contributed by atoms with Gasteiger partial charge in [0.05, 0.1) is 6.04 Å². The highest BCUT2D eigenvalue weighted by atomic mass is 32.2. The third-order valence-corrected chi connectivity index (χ3v) is 6.58. The van der Waals surface area contributed by atoms with Crippen molar-refractivity contribution >= 4 is 21.5 Å². The summed E-state index contributed by atoms with van der Waals surface area (Å²) in [5.74, 6) is -0.855. The molecule has 0 saturated carbocycles. The van der Waals surface area contributed by atoms with E-state index in [1.165, 1.54) is 12.1 Å². The smallest absolute Gasteiger partial charge is 0.368 e. The largest absolute Gasteiger partial charge is 0.433 e. The number of nitrogens with zero attached hydrogens (tertiary/aromatic N) is 4. The summed E-state index contributed by atoms with van der Waals surface area (Å²) in [4.78, 5) is 11.1. The number of hydrogen-bond acceptors (Lipinski definition) is 7. The van der Waals surface area contributed by atoms with Gasteiger partial charge in [0.2, 0.25) is 5.95 Å². The fourth-order valence-electron chi connectivity index (χ4n) is 3.77. The zero-order valence-corrected chi connectivity index (χ0v) is 18.7. The minimum absolute atomic E-state index is 0.0137. The molecule has 1 fully saturated rings. The third kappa shape index (κ3) is 4.96. The van der Waals surface area contributed by atoms with Gasteiger partial charge in [-0.1, -0.05) is 13.8 Å². The number of aromatic nitrogens is 2. The number of alkyl halides is 3. The van der Waals surface area contributed by atoms with Gasteiger partial charge in [-0.05, 0) is 24.1 Å². The summed E-state index contributed by atoms with van der Waals surface area (Å²) in [6.07, 6.45) is -2.62. The van der Waals surface area contributed by atoms with Crippen LogP contribution in [0.5, 0.6) is 0 Å².